The predicted molar refractivity (Wildman–Crippen MR) is 120 cm³/mol. The standard InChI is InChI=1S/C26H24N2/c1-19(26-11-6-16-27-26)28(24-14-12-20-7-2-4-9-22(20)17-24)25-15-13-21-8-3-5-10-23(21)18-25/h2-5,7-10,12-15,17-18,26-27H,1,6,11,16H2/t26-/m1/s1. The lowest BCUT2D eigenvalue weighted by Crippen LogP contribution is -2.32. The van der Waals surface area contributed by atoms with Crippen molar-refractivity contribution >= 4 is 32.9 Å². The van der Waals surface area contributed by atoms with E-state index in [4.69, 9.17) is 0 Å². The molecule has 1 aliphatic heterocycles. The van der Waals surface area contributed by atoms with E-state index in [1.807, 2.05) is 0 Å². The number of hydrogen-bond acceptors (Lipinski definition) is 2. The predicted octanol–water partition coefficient (Wildman–Crippen LogP) is 6.40. The molecule has 0 amide bonds. The molecule has 0 saturated carbocycles. The molecule has 1 heterocycles. The maximum atomic E-state index is 4.51. The molecule has 0 bridgehead atoms. The average molecular weight is 364 g/mol. The summed E-state index contributed by atoms with van der Waals surface area (Å²) in [6.45, 7) is 5.58. The van der Waals surface area contributed by atoms with Crippen molar-refractivity contribution in [3.05, 3.63) is 97.2 Å². The van der Waals surface area contributed by atoms with Gasteiger partial charge in [-0.3, -0.25) is 0 Å². The van der Waals surface area contributed by atoms with E-state index in [1.54, 1.807) is 0 Å². The average Bonchev–Trinajstić information content (AvgIpc) is 3.29. The highest BCUT2D eigenvalue weighted by molar-refractivity contribution is 5.90. The van der Waals surface area contributed by atoms with Crippen LogP contribution in [0.1, 0.15) is 12.8 Å². The van der Waals surface area contributed by atoms with Gasteiger partial charge >= 0.3 is 0 Å². The Labute approximate surface area is 166 Å². The van der Waals surface area contributed by atoms with Gasteiger partial charge in [-0.1, -0.05) is 67.2 Å². The summed E-state index contributed by atoms with van der Waals surface area (Å²) in [7, 11) is 0. The van der Waals surface area contributed by atoms with Gasteiger partial charge in [-0.25, -0.2) is 0 Å². The fourth-order valence-electron chi connectivity index (χ4n) is 4.24. The van der Waals surface area contributed by atoms with Crippen LogP contribution in [0, 0.1) is 0 Å². The Balaban J connectivity index is 1.65. The van der Waals surface area contributed by atoms with Crippen LogP contribution in [0.25, 0.3) is 21.5 Å². The molecule has 0 aromatic heterocycles. The van der Waals surface area contributed by atoms with E-state index < -0.39 is 0 Å². The fourth-order valence-corrected chi connectivity index (χ4v) is 4.24. The number of benzene rings is 4. The molecule has 1 atom stereocenters. The van der Waals surface area contributed by atoms with Crippen LogP contribution >= 0.6 is 0 Å². The first-order valence-corrected chi connectivity index (χ1v) is 9.99. The lowest BCUT2D eigenvalue weighted by Gasteiger charge is -2.31. The van der Waals surface area contributed by atoms with Crippen LogP contribution in [0.15, 0.2) is 97.2 Å². The SMILES string of the molecule is C=C([C@H]1CCCN1)N(c1ccc2ccccc2c1)c1ccc2ccccc2c1. The Kier molecular flexibility index (Phi) is 4.34. The van der Waals surface area contributed by atoms with E-state index in [2.05, 4.69) is 102 Å². The van der Waals surface area contributed by atoms with Gasteiger partial charge in [-0.15, -0.1) is 0 Å². The van der Waals surface area contributed by atoms with Crippen LogP contribution in [-0.2, 0) is 0 Å². The number of nitrogens with one attached hydrogen (secondary N) is 1. The summed E-state index contributed by atoms with van der Waals surface area (Å²) in [5.74, 6) is 0. The quantitative estimate of drug-likeness (QED) is 0.451. The first-order chi connectivity index (χ1) is 13.8. The molecule has 4 aromatic carbocycles. The molecule has 28 heavy (non-hydrogen) atoms. The van der Waals surface area contributed by atoms with E-state index in [9.17, 15) is 0 Å². The molecule has 4 aromatic rings. The van der Waals surface area contributed by atoms with Crippen molar-refractivity contribution in [1.29, 1.82) is 0 Å². The number of hydrogen-bond donors (Lipinski definition) is 1. The van der Waals surface area contributed by atoms with Crippen molar-refractivity contribution < 1.29 is 0 Å². The highest BCUT2D eigenvalue weighted by Gasteiger charge is 2.24. The summed E-state index contributed by atoms with van der Waals surface area (Å²) in [5.41, 5.74) is 3.43. The summed E-state index contributed by atoms with van der Waals surface area (Å²) >= 11 is 0. The van der Waals surface area contributed by atoms with Crippen LogP contribution in [0.4, 0.5) is 11.4 Å². The minimum Gasteiger partial charge on any atom is -0.313 e. The van der Waals surface area contributed by atoms with Crippen molar-refractivity contribution in [2.75, 3.05) is 11.4 Å². The Morgan fingerprint density at radius 2 is 1.29 bits per heavy atom. The Bertz CT molecular complexity index is 1080. The lowest BCUT2D eigenvalue weighted by atomic mass is 10.0. The third-order valence-electron chi connectivity index (χ3n) is 5.73. The monoisotopic (exact) mass is 364 g/mol. The van der Waals surface area contributed by atoms with Crippen LogP contribution in [0.3, 0.4) is 0 Å². The maximum Gasteiger partial charge on any atom is 0.0473 e. The van der Waals surface area contributed by atoms with E-state index >= 15 is 0 Å². The van der Waals surface area contributed by atoms with Crippen molar-refractivity contribution in [2.24, 2.45) is 0 Å². The van der Waals surface area contributed by atoms with E-state index in [1.165, 1.54) is 28.0 Å². The normalized spacial score (nSPS) is 16.5. The van der Waals surface area contributed by atoms with Gasteiger partial charge < -0.3 is 10.2 Å². The van der Waals surface area contributed by atoms with Crippen LogP contribution in [0.2, 0.25) is 0 Å². The Morgan fingerprint density at radius 3 is 1.79 bits per heavy atom. The minimum absolute atomic E-state index is 0.318. The molecular formula is C26H24N2. The van der Waals surface area contributed by atoms with Gasteiger partial charge in [0.15, 0.2) is 0 Å². The van der Waals surface area contributed by atoms with Gasteiger partial charge in [0.2, 0.25) is 0 Å². The molecule has 1 N–H and O–H groups in total. The third-order valence-corrected chi connectivity index (χ3v) is 5.73. The van der Waals surface area contributed by atoms with Crippen LogP contribution in [0.5, 0.6) is 0 Å². The number of rotatable bonds is 4. The molecule has 0 aliphatic carbocycles. The molecule has 0 radical (unpaired) electrons. The largest absolute Gasteiger partial charge is 0.313 e. The van der Waals surface area contributed by atoms with Gasteiger partial charge in [0.1, 0.15) is 0 Å². The fraction of sp³-hybridized carbons (Fsp3) is 0.154. The van der Waals surface area contributed by atoms with Gasteiger partial charge in [0, 0.05) is 23.1 Å². The first kappa shape index (κ1) is 17.0. The minimum atomic E-state index is 0.318. The summed E-state index contributed by atoms with van der Waals surface area (Å²) in [5, 5.41) is 8.62. The molecule has 1 fully saturated rings. The van der Waals surface area contributed by atoms with Gasteiger partial charge in [-0.05, 0) is 65.2 Å². The van der Waals surface area contributed by atoms with E-state index in [0.29, 0.717) is 6.04 Å². The van der Waals surface area contributed by atoms with Crippen molar-refractivity contribution in [1.82, 2.24) is 5.32 Å². The first-order valence-electron chi connectivity index (χ1n) is 9.99. The molecular weight excluding hydrogens is 340 g/mol. The summed E-state index contributed by atoms with van der Waals surface area (Å²) in [6, 6.07) is 30.7. The molecule has 2 nitrogen and oxygen atoms in total. The Morgan fingerprint density at radius 1 is 0.750 bits per heavy atom. The molecule has 0 unspecified atom stereocenters. The van der Waals surface area contributed by atoms with Crippen LogP contribution < -0.4 is 10.2 Å². The van der Waals surface area contributed by atoms with Crippen LogP contribution in [-0.4, -0.2) is 12.6 Å². The lowest BCUT2D eigenvalue weighted by molar-refractivity contribution is 0.679. The van der Waals surface area contributed by atoms with Gasteiger partial charge in [-0.2, -0.15) is 0 Å². The molecule has 1 aliphatic rings. The van der Waals surface area contributed by atoms with E-state index in [0.717, 1.165) is 30.0 Å². The second-order valence-electron chi connectivity index (χ2n) is 7.54. The number of anilines is 2. The molecule has 0 spiro atoms. The zero-order chi connectivity index (χ0) is 18.9. The maximum absolute atomic E-state index is 4.51. The van der Waals surface area contributed by atoms with Gasteiger partial charge in [0.05, 0.1) is 0 Å². The second-order valence-corrected chi connectivity index (χ2v) is 7.54. The highest BCUT2D eigenvalue weighted by Crippen LogP contribution is 2.35. The van der Waals surface area contributed by atoms with Gasteiger partial charge in [0.25, 0.3) is 0 Å². The summed E-state index contributed by atoms with van der Waals surface area (Å²) in [6.07, 6.45) is 2.34. The van der Waals surface area contributed by atoms with Crippen molar-refractivity contribution in [2.45, 2.75) is 18.9 Å². The summed E-state index contributed by atoms with van der Waals surface area (Å²) < 4.78 is 0. The topological polar surface area (TPSA) is 15.3 Å². The zero-order valence-electron chi connectivity index (χ0n) is 15.9. The molecule has 138 valence electrons. The summed E-state index contributed by atoms with van der Waals surface area (Å²) in [4.78, 5) is 2.32. The van der Waals surface area contributed by atoms with Crippen molar-refractivity contribution in [3.63, 3.8) is 0 Å². The second kappa shape index (κ2) is 7.14. The third kappa shape index (κ3) is 3.06. The number of nitrogens with zero attached hydrogens (tertiary/aromatic N) is 1. The molecule has 1 saturated heterocycles. The van der Waals surface area contributed by atoms with Crippen molar-refractivity contribution in [3.8, 4) is 0 Å². The molecule has 5 rings (SSSR count). The smallest absolute Gasteiger partial charge is 0.0473 e. The molecule has 2 heteroatoms. The van der Waals surface area contributed by atoms with E-state index in [-0.39, 0.29) is 0 Å². The zero-order valence-corrected chi connectivity index (χ0v) is 15.9. The number of fused-ring (bicyclic) bond motifs is 2. The highest BCUT2D eigenvalue weighted by atomic mass is 15.2. The Hall–Kier alpha value is -3.10.